The van der Waals surface area contributed by atoms with Crippen molar-refractivity contribution in [3.63, 3.8) is 0 Å². The third kappa shape index (κ3) is 3.92. The summed E-state index contributed by atoms with van der Waals surface area (Å²) in [6, 6.07) is 8.06. The topological polar surface area (TPSA) is 128 Å². The maximum atomic E-state index is 14.4. The number of fused-ring (bicyclic) bond motifs is 3. The van der Waals surface area contributed by atoms with E-state index in [1.165, 1.54) is 16.8 Å². The van der Waals surface area contributed by atoms with Gasteiger partial charge in [-0.05, 0) is 18.2 Å². The number of anilines is 2. The zero-order valence-corrected chi connectivity index (χ0v) is 20.5. The summed E-state index contributed by atoms with van der Waals surface area (Å²) in [5, 5.41) is 4.37. The lowest BCUT2D eigenvalue weighted by atomic mass is 10.2. The number of halogens is 1. The molecule has 1 saturated heterocycles. The largest absolute Gasteiger partial charge is 0.505 e. The number of rotatable bonds is 6. The highest BCUT2D eigenvalue weighted by atomic mass is 32.1. The molecule has 0 bridgehead atoms. The molecule has 5 aromatic rings. The van der Waals surface area contributed by atoms with Crippen LogP contribution in [-0.4, -0.2) is 61.8 Å². The van der Waals surface area contributed by atoms with E-state index in [0.29, 0.717) is 77.4 Å². The van der Waals surface area contributed by atoms with Crippen molar-refractivity contribution in [2.24, 2.45) is 0 Å². The third-order valence-electron chi connectivity index (χ3n) is 6.23. The number of furan rings is 1. The summed E-state index contributed by atoms with van der Waals surface area (Å²) >= 11 is 1.34. The van der Waals surface area contributed by atoms with Gasteiger partial charge in [0.1, 0.15) is 4.70 Å². The number of hydrogen-bond acceptors (Lipinski definition) is 10. The lowest BCUT2D eigenvalue weighted by Crippen LogP contribution is -2.47. The van der Waals surface area contributed by atoms with Crippen LogP contribution in [0, 0.1) is 5.82 Å². The fourth-order valence-corrected chi connectivity index (χ4v) is 5.59. The van der Waals surface area contributed by atoms with Crippen molar-refractivity contribution in [3.05, 3.63) is 52.1 Å². The van der Waals surface area contributed by atoms with E-state index in [0.717, 1.165) is 11.3 Å². The van der Waals surface area contributed by atoms with Crippen LogP contribution in [0.1, 0.15) is 0 Å². The van der Waals surface area contributed by atoms with Crippen molar-refractivity contribution in [2.75, 3.05) is 43.4 Å². The average molecular weight is 528 g/mol. The molecule has 1 aromatic carbocycles. The SMILES string of the molecule is Nc1nc2c(sc(=O)n2CCN2CCN(c3ccc([S+]=O)cc3F)CC2)c2nc(-c3ccco3)nn12. The minimum Gasteiger partial charge on any atom is -0.461 e. The quantitative estimate of drug-likeness (QED) is 0.330. The molecule has 0 saturated carbocycles. The number of nitrogens with two attached hydrogens (primary N) is 1. The molecule has 0 unspecified atom stereocenters. The van der Waals surface area contributed by atoms with Crippen molar-refractivity contribution in [1.29, 1.82) is 0 Å². The van der Waals surface area contributed by atoms with Crippen LogP contribution in [0.3, 0.4) is 0 Å². The summed E-state index contributed by atoms with van der Waals surface area (Å²) in [5.41, 5.74) is 7.59. The number of thiazole rings is 1. The van der Waals surface area contributed by atoms with Crippen molar-refractivity contribution in [2.45, 2.75) is 11.4 Å². The molecule has 36 heavy (non-hydrogen) atoms. The second-order valence-electron chi connectivity index (χ2n) is 8.32. The lowest BCUT2D eigenvalue weighted by Gasteiger charge is -2.36. The Kier molecular flexibility index (Phi) is 5.70. The van der Waals surface area contributed by atoms with Gasteiger partial charge in [0.25, 0.3) is 4.90 Å². The lowest BCUT2D eigenvalue weighted by molar-refractivity contribution is 0.248. The third-order valence-corrected chi connectivity index (χ3v) is 7.64. The zero-order chi connectivity index (χ0) is 24.8. The maximum Gasteiger partial charge on any atom is 0.505 e. The fraction of sp³-hybridized carbons (Fsp3) is 0.273. The number of aromatic nitrogens is 5. The smallest absolute Gasteiger partial charge is 0.461 e. The van der Waals surface area contributed by atoms with Gasteiger partial charge in [-0.2, -0.15) is 9.50 Å². The highest BCUT2D eigenvalue weighted by Crippen LogP contribution is 2.26. The summed E-state index contributed by atoms with van der Waals surface area (Å²) in [6.45, 7) is 3.77. The summed E-state index contributed by atoms with van der Waals surface area (Å²) in [7, 11) is 0. The standard InChI is InChI=1S/C22H20FN8O3S2/c23-14-12-13(36-33)3-4-15(14)29-8-5-28(6-9-29)7-10-30-19-17(35-22(30)32)20-25-18(16-2-1-11-34-16)27-31(20)21(24)26-19/h1-4,11-12H,5-10H2,(H2,24,26)/q+1. The van der Waals surface area contributed by atoms with E-state index in [1.807, 2.05) is 4.90 Å². The van der Waals surface area contributed by atoms with E-state index in [-0.39, 0.29) is 28.3 Å². The van der Waals surface area contributed by atoms with Gasteiger partial charge >= 0.3 is 16.5 Å². The van der Waals surface area contributed by atoms with Crippen molar-refractivity contribution in [3.8, 4) is 11.6 Å². The fourth-order valence-electron chi connectivity index (χ4n) is 4.39. The van der Waals surface area contributed by atoms with Crippen LogP contribution in [-0.2, 0) is 22.4 Å². The molecule has 5 heterocycles. The second kappa shape index (κ2) is 9.04. The zero-order valence-electron chi connectivity index (χ0n) is 18.8. The Labute approximate surface area is 211 Å². The van der Waals surface area contributed by atoms with Gasteiger partial charge in [-0.25, -0.2) is 9.37 Å². The van der Waals surface area contributed by atoms with Crippen LogP contribution >= 0.6 is 11.3 Å². The summed E-state index contributed by atoms with van der Waals surface area (Å²) in [5.74, 6) is 0.604. The Bertz CT molecular complexity index is 1640. The van der Waals surface area contributed by atoms with Crippen LogP contribution in [0.4, 0.5) is 16.0 Å². The molecule has 14 heteroatoms. The van der Waals surface area contributed by atoms with Gasteiger partial charge in [0.05, 0.1) is 12.0 Å². The van der Waals surface area contributed by atoms with Crippen LogP contribution in [0.2, 0.25) is 0 Å². The maximum absolute atomic E-state index is 14.4. The molecule has 184 valence electrons. The molecule has 6 rings (SSSR count). The molecular weight excluding hydrogens is 507 g/mol. The van der Waals surface area contributed by atoms with Crippen molar-refractivity contribution in [1.82, 2.24) is 29.0 Å². The second-order valence-corrected chi connectivity index (χ2v) is 9.92. The first-order valence-electron chi connectivity index (χ1n) is 11.2. The van der Waals surface area contributed by atoms with Crippen molar-refractivity contribution < 1.29 is 13.0 Å². The molecule has 0 aliphatic carbocycles. The van der Waals surface area contributed by atoms with E-state index < -0.39 is 0 Å². The van der Waals surface area contributed by atoms with Crippen molar-refractivity contribution >= 4 is 50.6 Å². The Balaban J connectivity index is 1.19. The van der Waals surface area contributed by atoms with E-state index in [2.05, 4.69) is 20.0 Å². The Morgan fingerprint density at radius 1 is 1.11 bits per heavy atom. The van der Waals surface area contributed by atoms with E-state index in [4.69, 9.17) is 10.2 Å². The number of benzene rings is 1. The average Bonchev–Trinajstić information content (AvgIpc) is 3.62. The van der Waals surface area contributed by atoms with Gasteiger partial charge in [-0.15, -0.1) is 5.10 Å². The first-order chi connectivity index (χ1) is 17.5. The minimum atomic E-state index is -0.390. The first kappa shape index (κ1) is 22.7. The number of nitrogens with zero attached hydrogens (tertiary/aromatic N) is 7. The predicted molar refractivity (Wildman–Crippen MR) is 134 cm³/mol. The monoisotopic (exact) mass is 527 g/mol. The van der Waals surface area contributed by atoms with Crippen LogP contribution in [0.15, 0.2) is 50.7 Å². The summed E-state index contributed by atoms with van der Waals surface area (Å²) < 4.78 is 34.3. The minimum absolute atomic E-state index is 0.131. The molecule has 2 N–H and O–H groups in total. The molecular formula is C22H20FN8O3S2+. The Hall–Kier alpha value is -3.75. The van der Waals surface area contributed by atoms with Gasteiger partial charge < -0.3 is 15.1 Å². The van der Waals surface area contributed by atoms with Gasteiger partial charge in [-0.3, -0.25) is 14.3 Å². The molecule has 0 spiro atoms. The number of hydrogen-bond donors (Lipinski definition) is 1. The highest BCUT2D eigenvalue weighted by molar-refractivity contribution is 7.65. The van der Waals surface area contributed by atoms with Crippen LogP contribution < -0.4 is 15.5 Å². The molecule has 1 aliphatic heterocycles. The highest BCUT2D eigenvalue weighted by Gasteiger charge is 2.23. The molecule has 0 atom stereocenters. The normalized spacial score (nSPS) is 14.8. The summed E-state index contributed by atoms with van der Waals surface area (Å²) in [4.78, 5) is 26.2. The van der Waals surface area contributed by atoms with E-state index in [1.54, 1.807) is 28.8 Å². The molecule has 0 radical (unpaired) electrons. The van der Waals surface area contributed by atoms with Gasteiger partial charge in [0.15, 0.2) is 22.9 Å². The molecule has 11 nitrogen and oxygen atoms in total. The molecule has 1 fully saturated rings. The van der Waals surface area contributed by atoms with Gasteiger partial charge in [0.2, 0.25) is 11.8 Å². The predicted octanol–water partition coefficient (Wildman–Crippen LogP) is 2.09. The molecule has 1 aliphatic rings. The van der Waals surface area contributed by atoms with E-state index >= 15 is 0 Å². The molecule has 4 aromatic heterocycles. The Morgan fingerprint density at radius 3 is 2.67 bits per heavy atom. The van der Waals surface area contributed by atoms with Gasteiger partial charge in [0, 0.05) is 55.6 Å². The summed E-state index contributed by atoms with van der Waals surface area (Å²) in [6.07, 6.45) is 1.53. The number of piperazine rings is 1. The van der Waals surface area contributed by atoms with Gasteiger partial charge in [-0.1, -0.05) is 11.3 Å². The van der Waals surface area contributed by atoms with Crippen LogP contribution in [0.5, 0.6) is 0 Å². The Morgan fingerprint density at radius 2 is 1.94 bits per heavy atom. The number of nitrogen functional groups attached to an aromatic ring is 1. The molecule has 0 amide bonds. The van der Waals surface area contributed by atoms with Crippen LogP contribution in [0.25, 0.3) is 27.6 Å². The first-order valence-corrected chi connectivity index (χ1v) is 12.7. The van der Waals surface area contributed by atoms with E-state index in [9.17, 15) is 13.4 Å².